The zero-order chi connectivity index (χ0) is 23.3. The van der Waals surface area contributed by atoms with Crippen molar-refractivity contribution in [1.82, 2.24) is 20.6 Å². The molecule has 0 aliphatic rings. The number of nitrogens with one attached hydrogen (secondary N) is 4. The Hall–Kier alpha value is -3.57. The maximum atomic E-state index is 12.6. The van der Waals surface area contributed by atoms with Gasteiger partial charge in [-0.2, -0.15) is 0 Å². The van der Waals surface area contributed by atoms with Crippen molar-refractivity contribution in [3.8, 4) is 5.75 Å². The van der Waals surface area contributed by atoms with Gasteiger partial charge in [0.2, 0.25) is 0 Å². The van der Waals surface area contributed by atoms with E-state index in [1.807, 2.05) is 29.8 Å². The van der Waals surface area contributed by atoms with E-state index in [0.29, 0.717) is 30.2 Å². The number of fused-ring (bicyclic) bond motifs is 1. The summed E-state index contributed by atoms with van der Waals surface area (Å²) in [5.41, 5.74) is 3.12. The highest BCUT2D eigenvalue weighted by molar-refractivity contribution is 7.12. The van der Waals surface area contributed by atoms with Crippen molar-refractivity contribution in [2.24, 2.45) is 0 Å². The molecule has 0 aliphatic carbocycles. The SMILES string of the molecule is O=C(NCCNCc1ccc(OC(F)(F)F)cc1)c1sccc1Nc1ccnc2[nH]ccc12. The first kappa shape index (κ1) is 22.6. The van der Waals surface area contributed by atoms with Gasteiger partial charge in [-0.25, -0.2) is 4.98 Å². The Bertz CT molecular complexity index is 1220. The third kappa shape index (κ3) is 6.02. The average molecular weight is 475 g/mol. The minimum absolute atomic E-state index is 0.192. The predicted octanol–water partition coefficient (Wildman–Crippen LogP) is 4.79. The Morgan fingerprint density at radius 1 is 1.06 bits per heavy atom. The molecule has 4 aromatic rings. The van der Waals surface area contributed by atoms with E-state index in [-0.39, 0.29) is 11.7 Å². The van der Waals surface area contributed by atoms with E-state index in [1.54, 1.807) is 18.3 Å². The first-order chi connectivity index (χ1) is 15.9. The number of thiophene rings is 1. The molecule has 3 heterocycles. The molecule has 33 heavy (non-hydrogen) atoms. The normalized spacial score (nSPS) is 11.5. The number of H-pyrrole nitrogens is 1. The van der Waals surface area contributed by atoms with Crippen LogP contribution < -0.4 is 20.7 Å². The number of aromatic nitrogens is 2. The lowest BCUT2D eigenvalue weighted by Crippen LogP contribution is -2.31. The van der Waals surface area contributed by atoms with E-state index < -0.39 is 6.36 Å². The largest absolute Gasteiger partial charge is 0.573 e. The second-order valence-electron chi connectivity index (χ2n) is 7.01. The molecule has 0 unspecified atom stereocenters. The Morgan fingerprint density at radius 2 is 1.88 bits per heavy atom. The van der Waals surface area contributed by atoms with Gasteiger partial charge in [0.15, 0.2) is 0 Å². The standard InChI is InChI=1S/C22H20F3N5O2S/c23-22(24,25)32-15-3-1-14(2-4-15)13-26-10-11-29-21(31)19-18(7-12-33-19)30-17-6-9-28-20-16(17)5-8-27-20/h1-9,12,26H,10-11,13H2,(H,29,31)(H2,27,28,30). The van der Waals surface area contributed by atoms with Crippen molar-refractivity contribution in [2.45, 2.75) is 12.9 Å². The Balaban J connectivity index is 1.24. The molecule has 0 bridgehead atoms. The first-order valence-corrected chi connectivity index (χ1v) is 10.9. The van der Waals surface area contributed by atoms with Crippen LogP contribution in [0.2, 0.25) is 0 Å². The maximum Gasteiger partial charge on any atom is 0.573 e. The van der Waals surface area contributed by atoms with Gasteiger partial charge < -0.3 is 25.7 Å². The summed E-state index contributed by atoms with van der Waals surface area (Å²) in [6.07, 6.45) is -1.21. The number of halogens is 3. The number of rotatable bonds is 9. The van der Waals surface area contributed by atoms with Gasteiger partial charge in [0, 0.05) is 37.4 Å². The molecule has 0 fully saturated rings. The van der Waals surface area contributed by atoms with Gasteiger partial charge in [0.05, 0.1) is 11.4 Å². The summed E-state index contributed by atoms with van der Waals surface area (Å²) in [5, 5.41) is 12.1. The molecule has 1 aromatic carbocycles. The lowest BCUT2D eigenvalue weighted by atomic mass is 10.2. The van der Waals surface area contributed by atoms with Gasteiger partial charge in [0.25, 0.3) is 5.91 Å². The van der Waals surface area contributed by atoms with E-state index in [0.717, 1.165) is 22.3 Å². The van der Waals surface area contributed by atoms with Crippen LogP contribution in [0.3, 0.4) is 0 Å². The first-order valence-electron chi connectivity index (χ1n) is 9.99. The monoisotopic (exact) mass is 475 g/mol. The predicted molar refractivity (Wildman–Crippen MR) is 121 cm³/mol. The summed E-state index contributed by atoms with van der Waals surface area (Å²) in [5.74, 6) is -0.454. The third-order valence-electron chi connectivity index (χ3n) is 4.67. The molecule has 0 spiro atoms. The second kappa shape index (κ2) is 9.92. The highest BCUT2D eigenvalue weighted by atomic mass is 32.1. The number of nitrogens with zero attached hydrogens (tertiary/aromatic N) is 1. The molecule has 7 nitrogen and oxygen atoms in total. The molecule has 172 valence electrons. The van der Waals surface area contributed by atoms with E-state index in [4.69, 9.17) is 0 Å². The second-order valence-corrected chi connectivity index (χ2v) is 7.93. The van der Waals surface area contributed by atoms with Gasteiger partial charge in [-0.15, -0.1) is 24.5 Å². The Kier molecular flexibility index (Phi) is 6.80. The number of carbonyl (C=O) groups excluding carboxylic acids is 1. The number of aromatic amines is 1. The maximum absolute atomic E-state index is 12.6. The minimum Gasteiger partial charge on any atom is -0.406 e. The molecule has 0 saturated heterocycles. The average Bonchev–Trinajstić information content (AvgIpc) is 3.43. The Morgan fingerprint density at radius 3 is 2.67 bits per heavy atom. The van der Waals surface area contributed by atoms with Crippen LogP contribution in [0.15, 0.2) is 60.2 Å². The molecule has 0 atom stereocenters. The van der Waals surface area contributed by atoms with Crippen LogP contribution in [0.1, 0.15) is 15.2 Å². The summed E-state index contributed by atoms with van der Waals surface area (Å²) >= 11 is 1.34. The highest BCUT2D eigenvalue weighted by Crippen LogP contribution is 2.29. The summed E-state index contributed by atoms with van der Waals surface area (Å²) in [6, 6.07) is 11.3. The van der Waals surface area contributed by atoms with Crippen molar-refractivity contribution in [2.75, 3.05) is 18.4 Å². The van der Waals surface area contributed by atoms with E-state index in [9.17, 15) is 18.0 Å². The number of ether oxygens (including phenoxy) is 1. The van der Waals surface area contributed by atoms with Crippen LogP contribution >= 0.6 is 11.3 Å². The number of hydrogen-bond acceptors (Lipinski definition) is 6. The van der Waals surface area contributed by atoms with Gasteiger partial charge in [-0.3, -0.25) is 4.79 Å². The van der Waals surface area contributed by atoms with Crippen LogP contribution in [0.25, 0.3) is 11.0 Å². The fourth-order valence-electron chi connectivity index (χ4n) is 3.18. The van der Waals surface area contributed by atoms with Crippen molar-refractivity contribution < 1.29 is 22.7 Å². The lowest BCUT2D eigenvalue weighted by Gasteiger charge is -2.11. The number of anilines is 2. The third-order valence-corrected chi connectivity index (χ3v) is 5.59. The summed E-state index contributed by atoms with van der Waals surface area (Å²) in [4.78, 5) is 20.5. The minimum atomic E-state index is -4.71. The van der Waals surface area contributed by atoms with Gasteiger partial charge >= 0.3 is 6.36 Å². The number of hydrogen-bond donors (Lipinski definition) is 4. The molecule has 0 aliphatic heterocycles. The van der Waals surface area contributed by atoms with Crippen LogP contribution in [0.4, 0.5) is 24.5 Å². The van der Waals surface area contributed by atoms with Crippen LogP contribution in [-0.4, -0.2) is 35.3 Å². The van der Waals surface area contributed by atoms with Gasteiger partial charge in [-0.05, 0) is 41.3 Å². The number of amides is 1. The summed E-state index contributed by atoms with van der Waals surface area (Å²) in [6.45, 7) is 1.33. The van der Waals surface area contributed by atoms with Crippen LogP contribution in [-0.2, 0) is 6.54 Å². The molecule has 0 saturated carbocycles. The Labute approximate surface area is 191 Å². The smallest absolute Gasteiger partial charge is 0.406 e. The zero-order valence-corrected chi connectivity index (χ0v) is 18.0. The van der Waals surface area contributed by atoms with Crippen LogP contribution in [0, 0.1) is 0 Å². The van der Waals surface area contributed by atoms with Gasteiger partial charge in [0.1, 0.15) is 16.3 Å². The fraction of sp³-hybridized carbons (Fsp3) is 0.182. The lowest BCUT2D eigenvalue weighted by molar-refractivity contribution is -0.274. The van der Waals surface area contributed by atoms with Crippen molar-refractivity contribution >= 4 is 39.7 Å². The number of carbonyl (C=O) groups is 1. The van der Waals surface area contributed by atoms with Gasteiger partial charge in [-0.1, -0.05) is 12.1 Å². The van der Waals surface area contributed by atoms with Crippen molar-refractivity contribution in [1.29, 1.82) is 0 Å². The molecule has 4 N–H and O–H groups in total. The number of alkyl halides is 3. The molecular formula is C22H20F3N5O2S. The van der Waals surface area contributed by atoms with E-state index in [1.165, 1.54) is 23.5 Å². The summed E-state index contributed by atoms with van der Waals surface area (Å²) < 4.78 is 40.5. The molecule has 0 radical (unpaired) electrons. The molecule has 1 amide bonds. The molecule has 11 heteroatoms. The van der Waals surface area contributed by atoms with E-state index >= 15 is 0 Å². The molecule has 4 rings (SSSR count). The zero-order valence-electron chi connectivity index (χ0n) is 17.2. The number of benzene rings is 1. The number of pyridine rings is 1. The van der Waals surface area contributed by atoms with E-state index in [2.05, 4.69) is 30.7 Å². The van der Waals surface area contributed by atoms with Crippen molar-refractivity contribution in [3.63, 3.8) is 0 Å². The molecule has 3 aromatic heterocycles. The quantitative estimate of drug-likeness (QED) is 0.262. The fourth-order valence-corrected chi connectivity index (χ4v) is 3.95. The topological polar surface area (TPSA) is 91.1 Å². The highest BCUT2D eigenvalue weighted by Gasteiger charge is 2.30. The molecular weight excluding hydrogens is 455 g/mol. The summed E-state index contributed by atoms with van der Waals surface area (Å²) in [7, 11) is 0. The van der Waals surface area contributed by atoms with Crippen LogP contribution in [0.5, 0.6) is 5.75 Å². The van der Waals surface area contributed by atoms with Crippen molar-refractivity contribution in [3.05, 3.63) is 70.7 Å².